The van der Waals surface area contributed by atoms with Crippen LogP contribution in [0.4, 0.5) is 0 Å². The molecule has 6 heteroatoms. The van der Waals surface area contributed by atoms with Crippen molar-refractivity contribution in [3.8, 4) is 0 Å². The first-order valence-electron chi connectivity index (χ1n) is 7.72. The fraction of sp³-hybridized carbons (Fsp3) is 0.353. The van der Waals surface area contributed by atoms with E-state index in [1.54, 1.807) is 0 Å². The lowest BCUT2D eigenvalue weighted by molar-refractivity contribution is -0.0247. The van der Waals surface area contributed by atoms with Crippen LogP contribution in [0.5, 0.6) is 0 Å². The van der Waals surface area contributed by atoms with Gasteiger partial charge in [0.2, 0.25) is 0 Å². The molecular formula is C17H19N3O3. The molecule has 1 aromatic heterocycles. The number of aromatic amines is 1. The predicted molar refractivity (Wildman–Crippen MR) is 85.3 cm³/mol. The van der Waals surface area contributed by atoms with Crippen LogP contribution < -0.4 is 5.56 Å². The zero-order valence-corrected chi connectivity index (χ0v) is 12.8. The van der Waals surface area contributed by atoms with E-state index < -0.39 is 0 Å². The van der Waals surface area contributed by atoms with Gasteiger partial charge in [0.15, 0.2) is 0 Å². The third-order valence-corrected chi connectivity index (χ3v) is 3.90. The van der Waals surface area contributed by atoms with E-state index in [-0.39, 0.29) is 17.6 Å². The van der Waals surface area contributed by atoms with E-state index in [0.29, 0.717) is 31.7 Å². The third-order valence-electron chi connectivity index (χ3n) is 3.90. The number of aryl methyl sites for hydroxylation is 1. The van der Waals surface area contributed by atoms with Crippen LogP contribution >= 0.6 is 0 Å². The Bertz CT molecular complexity index is 714. The second kappa shape index (κ2) is 7.19. The molecule has 0 aliphatic carbocycles. The van der Waals surface area contributed by atoms with Gasteiger partial charge in [0, 0.05) is 30.4 Å². The molecule has 1 aliphatic heterocycles. The molecule has 0 spiro atoms. The normalized spacial score (nSPS) is 17.9. The fourth-order valence-electron chi connectivity index (χ4n) is 2.70. The Hall–Kier alpha value is -2.47. The standard InChI is InChI=1S/C17H19N3O3/c21-16-10-14(18-12-19-16)6-7-15-11-20(8-9-23-15)17(22)13-4-2-1-3-5-13/h1-5,10,12,15H,6-9,11H2,(H,18,19,21). The summed E-state index contributed by atoms with van der Waals surface area (Å²) in [6.07, 6.45) is 2.76. The van der Waals surface area contributed by atoms with E-state index in [2.05, 4.69) is 9.97 Å². The van der Waals surface area contributed by atoms with Crippen molar-refractivity contribution in [1.29, 1.82) is 0 Å². The number of morpholine rings is 1. The lowest BCUT2D eigenvalue weighted by Gasteiger charge is -2.33. The number of nitrogens with zero attached hydrogens (tertiary/aromatic N) is 2. The van der Waals surface area contributed by atoms with Gasteiger partial charge in [0.05, 0.1) is 19.0 Å². The second-order valence-corrected chi connectivity index (χ2v) is 5.55. The van der Waals surface area contributed by atoms with Gasteiger partial charge in [-0.15, -0.1) is 0 Å². The third kappa shape index (κ3) is 4.04. The number of ether oxygens (including phenoxy) is 1. The molecule has 2 heterocycles. The van der Waals surface area contributed by atoms with Crippen molar-refractivity contribution < 1.29 is 9.53 Å². The molecule has 0 radical (unpaired) electrons. The first-order chi connectivity index (χ1) is 11.2. The number of nitrogens with one attached hydrogen (secondary N) is 1. The van der Waals surface area contributed by atoms with Crippen molar-refractivity contribution in [3.05, 3.63) is 64.3 Å². The second-order valence-electron chi connectivity index (χ2n) is 5.55. The summed E-state index contributed by atoms with van der Waals surface area (Å²) in [6, 6.07) is 10.8. The highest BCUT2D eigenvalue weighted by Crippen LogP contribution is 2.14. The van der Waals surface area contributed by atoms with Gasteiger partial charge in [-0.25, -0.2) is 4.98 Å². The first kappa shape index (κ1) is 15.4. The quantitative estimate of drug-likeness (QED) is 0.921. The van der Waals surface area contributed by atoms with Crippen LogP contribution in [0.1, 0.15) is 22.5 Å². The maximum Gasteiger partial charge on any atom is 0.254 e. The number of rotatable bonds is 4. The van der Waals surface area contributed by atoms with Crippen LogP contribution in [0, 0.1) is 0 Å². The lowest BCUT2D eigenvalue weighted by Crippen LogP contribution is -2.45. The van der Waals surface area contributed by atoms with Gasteiger partial charge in [-0.05, 0) is 25.0 Å². The highest BCUT2D eigenvalue weighted by atomic mass is 16.5. The van der Waals surface area contributed by atoms with Crippen LogP contribution in [0.3, 0.4) is 0 Å². The summed E-state index contributed by atoms with van der Waals surface area (Å²) >= 11 is 0. The van der Waals surface area contributed by atoms with E-state index in [1.807, 2.05) is 35.2 Å². The summed E-state index contributed by atoms with van der Waals surface area (Å²) in [7, 11) is 0. The zero-order valence-electron chi connectivity index (χ0n) is 12.8. The Balaban J connectivity index is 1.58. The fourth-order valence-corrected chi connectivity index (χ4v) is 2.70. The highest BCUT2D eigenvalue weighted by Gasteiger charge is 2.24. The molecule has 0 saturated carbocycles. The van der Waals surface area contributed by atoms with Crippen molar-refractivity contribution in [1.82, 2.24) is 14.9 Å². The Morgan fingerprint density at radius 3 is 2.96 bits per heavy atom. The number of benzene rings is 1. The number of H-pyrrole nitrogens is 1. The largest absolute Gasteiger partial charge is 0.375 e. The van der Waals surface area contributed by atoms with E-state index in [4.69, 9.17) is 4.74 Å². The van der Waals surface area contributed by atoms with Gasteiger partial charge in [0.1, 0.15) is 0 Å². The van der Waals surface area contributed by atoms with Crippen molar-refractivity contribution in [2.24, 2.45) is 0 Å². The van der Waals surface area contributed by atoms with Gasteiger partial charge in [-0.2, -0.15) is 0 Å². The number of aromatic nitrogens is 2. The SMILES string of the molecule is O=C(c1ccccc1)N1CCOC(CCc2cc(=O)[nH]cn2)C1. The molecule has 1 aliphatic rings. The number of carbonyl (C=O) groups is 1. The predicted octanol–water partition coefficient (Wildman–Crippen LogP) is 1.24. The molecule has 1 fully saturated rings. The van der Waals surface area contributed by atoms with Crippen LogP contribution in [0.2, 0.25) is 0 Å². The van der Waals surface area contributed by atoms with Crippen LogP contribution in [-0.4, -0.2) is 46.6 Å². The average Bonchev–Trinajstić information content (AvgIpc) is 2.60. The summed E-state index contributed by atoms with van der Waals surface area (Å²) in [5, 5.41) is 0. The topological polar surface area (TPSA) is 75.3 Å². The Morgan fingerprint density at radius 1 is 1.35 bits per heavy atom. The minimum Gasteiger partial charge on any atom is -0.375 e. The number of carbonyl (C=O) groups excluding carboxylic acids is 1. The molecule has 23 heavy (non-hydrogen) atoms. The molecule has 3 rings (SSSR count). The van der Waals surface area contributed by atoms with Crippen molar-refractivity contribution in [3.63, 3.8) is 0 Å². The van der Waals surface area contributed by atoms with Crippen molar-refractivity contribution >= 4 is 5.91 Å². The Kier molecular flexibility index (Phi) is 4.83. The van der Waals surface area contributed by atoms with Gasteiger partial charge in [-0.3, -0.25) is 9.59 Å². The van der Waals surface area contributed by atoms with E-state index in [9.17, 15) is 9.59 Å². The van der Waals surface area contributed by atoms with Crippen LogP contribution in [0.25, 0.3) is 0 Å². The van der Waals surface area contributed by atoms with E-state index in [0.717, 1.165) is 12.1 Å². The molecule has 1 atom stereocenters. The summed E-state index contributed by atoms with van der Waals surface area (Å²) < 4.78 is 5.74. The number of hydrogen-bond acceptors (Lipinski definition) is 4. The maximum absolute atomic E-state index is 12.5. The number of hydrogen-bond donors (Lipinski definition) is 1. The van der Waals surface area contributed by atoms with Gasteiger partial charge in [0.25, 0.3) is 11.5 Å². The molecule has 1 saturated heterocycles. The molecule has 1 aromatic carbocycles. The Morgan fingerprint density at radius 2 is 2.17 bits per heavy atom. The molecule has 1 amide bonds. The molecule has 0 bridgehead atoms. The summed E-state index contributed by atoms with van der Waals surface area (Å²) in [5.41, 5.74) is 1.29. The average molecular weight is 313 g/mol. The summed E-state index contributed by atoms with van der Waals surface area (Å²) in [5.74, 6) is 0.0354. The summed E-state index contributed by atoms with van der Waals surface area (Å²) in [6.45, 7) is 1.70. The molecule has 2 aromatic rings. The first-order valence-corrected chi connectivity index (χ1v) is 7.72. The maximum atomic E-state index is 12.5. The molecule has 120 valence electrons. The molecule has 1 unspecified atom stereocenters. The van der Waals surface area contributed by atoms with E-state index >= 15 is 0 Å². The molecule has 6 nitrogen and oxygen atoms in total. The lowest BCUT2D eigenvalue weighted by atomic mass is 10.1. The van der Waals surface area contributed by atoms with Crippen LogP contribution in [0.15, 0.2) is 47.5 Å². The zero-order chi connectivity index (χ0) is 16.1. The van der Waals surface area contributed by atoms with Gasteiger partial charge in [-0.1, -0.05) is 18.2 Å². The smallest absolute Gasteiger partial charge is 0.254 e. The highest BCUT2D eigenvalue weighted by molar-refractivity contribution is 5.94. The molecule has 1 N–H and O–H groups in total. The van der Waals surface area contributed by atoms with E-state index in [1.165, 1.54) is 12.4 Å². The van der Waals surface area contributed by atoms with Gasteiger partial charge < -0.3 is 14.6 Å². The van der Waals surface area contributed by atoms with Gasteiger partial charge >= 0.3 is 0 Å². The summed E-state index contributed by atoms with van der Waals surface area (Å²) in [4.78, 5) is 32.2. The van der Waals surface area contributed by atoms with Crippen molar-refractivity contribution in [2.75, 3.05) is 19.7 Å². The monoisotopic (exact) mass is 313 g/mol. The minimum atomic E-state index is -0.152. The van der Waals surface area contributed by atoms with Crippen LogP contribution in [-0.2, 0) is 11.2 Å². The molecular weight excluding hydrogens is 294 g/mol. The minimum absolute atomic E-state index is 0.0301. The Labute approximate surface area is 134 Å². The van der Waals surface area contributed by atoms with Crippen molar-refractivity contribution in [2.45, 2.75) is 18.9 Å². The number of amides is 1.